The molecule has 0 aliphatic heterocycles. The zero-order chi connectivity index (χ0) is 10.6. The minimum atomic E-state index is 0.705. The molecule has 0 bridgehead atoms. The maximum atomic E-state index is 3.63. The third-order valence-corrected chi connectivity index (χ3v) is 4.80. The Morgan fingerprint density at radius 1 is 1.00 bits per heavy atom. The number of rotatable bonds is 4. The lowest BCUT2D eigenvalue weighted by molar-refractivity contribution is 0.120. The molecule has 0 saturated heterocycles. The maximum absolute atomic E-state index is 3.63. The summed E-state index contributed by atoms with van der Waals surface area (Å²) in [6.07, 6.45) is 13.5. The van der Waals surface area contributed by atoms with Crippen LogP contribution in [-0.4, -0.2) is 13.1 Å². The van der Waals surface area contributed by atoms with Gasteiger partial charge in [-0.15, -0.1) is 0 Å². The van der Waals surface area contributed by atoms with E-state index in [9.17, 15) is 0 Å². The molecule has 0 aromatic carbocycles. The molecule has 0 aromatic heterocycles. The van der Waals surface area contributed by atoms with E-state index in [2.05, 4.69) is 12.2 Å². The first-order valence-electron chi connectivity index (χ1n) is 7.08. The molecule has 2 saturated carbocycles. The van der Waals surface area contributed by atoms with Gasteiger partial charge in [-0.3, -0.25) is 0 Å². The van der Waals surface area contributed by atoms with Crippen molar-refractivity contribution in [3.05, 3.63) is 0 Å². The van der Waals surface area contributed by atoms with Gasteiger partial charge in [-0.1, -0.05) is 39.0 Å². The molecule has 0 atom stereocenters. The summed E-state index contributed by atoms with van der Waals surface area (Å²) in [5.74, 6) is 1.05. The van der Waals surface area contributed by atoms with E-state index in [1.165, 1.54) is 64.3 Å². The summed E-state index contributed by atoms with van der Waals surface area (Å²) in [5, 5.41) is 3.63. The predicted molar refractivity (Wildman–Crippen MR) is 66.0 cm³/mol. The van der Waals surface area contributed by atoms with Crippen molar-refractivity contribution >= 4 is 0 Å². The summed E-state index contributed by atoms with van der Waals surface area (Å²) < 4.78 is 0. The van der Waals surface area contributed by atoms with Crippen molar-refractivity contribution in [2.75, 3.05) is 13.1 Å². The number of hydrogen-bond donors (Lipinski definition) is 1. The Bertz CT molecular complexity index is 176. The second-order valence-corrected chi connectivity index (χ2v) is 5.68. The van der Waals surface area contributed by atoms with Gasteiger partial charge < -0.3 is 5.32 Å². The number of hydrogen-bond acceptors (Lipinski definition) is 1. The van der Waals surface area contributed by atoms with Gasteiger partial charge in [0.15, 0.2) is 0 Å². The van der Waals surface area contributed by atoms with E-state index >= 15 is 0 Å². The summed E-state index contributed by atoms with van der Waals surface area (Å²) in [4.78, 5) is 0. The molecule has 0 spiro atoms. The SMILES string of the molecule is CCNCC1(C2CCCCC2)CCCC1. The molecule has 2 rings (SSSR count). The fraction of sp³-hybridized carbons (Fsp3) is 1.00. The van der Waals surface area contributed by atoms with Crippen LogP contribution >= 0.6 is 0 Å². The lowest BCUT2D eigenvalue weighted by atomic mass is 9.67. The Labute approximate surface area is 95.0 Å². The fourth-order valence-electron chi connectivity index (χ4n) is 3.90. The van der Waals surface area contributed by atoms with E-state index in [0.29, 0.717) is 5.41 Å². The Balaban J connectivity index is 1.96. The Morgan fingerprint density at radius 2 is 1.67 bits per heavy atom. The lowest BCUT2D eigenvalue weighted by Gasteiger charge is -2.40. The second-order valence-electron chi connectivity index (χ2n) is 5.68. The van der Waals surface area contributed by atoms with Crippen molar-refractivity contribution in [3.63, 3.8) is 0 Å². The van der Waals surface area contributed by atoms with Gasteiger partial charge in [0, 0.05) is 6.54 Å². The maximum Gasteiger partial charge on any atom is 0.00103 e. The molecule has 1 heteroatoms. The summed E-state index contributed by atoms with van der Waals surface area (Å²) in [6, 6.07) is 0. The summed E-state index contributed by atoms with van der Waals surface area (Å²) in [6.45, 7) is 4.69. The zero-order valence-electron chi connectivity index (χ0n) is 10.4. The largest absolute Gasteiger partial charge is 0.316 e. The van der Waals surface area contributed by atoms with E-state index in [0.717, 1.165) is 12.5 Å². The molecule has 0 heterocycles. The Hall–Kier alpha value is -0.0400. The van der Waals surface area contributed by atoms with Gasteiger partial charge in [-0.05, 0) is 43.6 Å². The van der Waals surface area contributed by atoms with Crippen LogP contribution in [0.2, 0.25) is 0 Å². The van der Waals surface area contributed by atoms with E-state index in [4.69, 9.17) is 0 Å². The topological polar surface area (TPSA) is 12.0 Å². The van der Waals surface area contributed by atoms with E-state index < -0.39 is 0 Å². The van der Waals surface area contributed by atoms with Crippen LogP contribution < -0.4 is 5.32 Å². The normalized spacial score (nSPS) is 27.0. The van der Waals surface area contributed by atoms with Gasteiger partial charge in [-0.2, -0.15) is 0 Å². The smallest absolute Gasteiger partial charge is 0.00103 e. The standard InChI is InChI=1S/C14H27N/c1-2-15-12-14(10-6-7-11-14)13-8-4-3-5-9-13/h13,15H,2-12H2,1H3. The van der Waals surface area contributed by atoms with Crippen LogP contribution in [-0.2, 0) is 0 Å². The van der Waals surface area contributed by atoms with Crippen molar-refractivity contribution in [1.82, 2.24) is 5.32 Å². The molecule has 1 N–H and O–H groups in total. The van der Waals surface area contributed by atoms with Gasteiger partial charge in [-0.25, -0.2) is 0 Å². The summed E-state index contributed by atoms with van der Waals surface area (Å²) in [7, 11) is 0. The van der Waals surface area contributed by atoms with E-state index in [1.807, 2.05) is 0 Å². The quantitative estimate of drug-likeness (QED) is 0.744. The van der Waals surface area contributed by atoms with Crippen LogP contribution in [0.25, 0.3) is 0 Å². The molecule has 2 fully saturated rings. The molecular formula is C14H27N. The Kier molecular flexibility index (Phi) is 4.07. The van der Waals surface area contributed by atoms with Crippen molar-refractivity contribution in [2.45, 2.75) is 64.7 Å². The van der Waals surface area contributed by atoms with Crippen molar-refractivity contribution in [1.29, 1.82) is 0 Å². The highest BCUT2D eigenvalue weighted by molar-refractivity contribution is 4.93. The van der Waals surface area contributed by atoms with Crippen molar-refractivity contribution in [3.8, 4) is 0 Å². The van der Waals surface area contributed by atoms with Crippen LogP contribution in [0.1, 0.15) is 64.7 Å². The van der Waals surface area contributed by atoms with Crippen molar-refractivity contribution in [2.24, 2.45) is 11.3 Å². The van der Waals surface area contributed by atoms with Crippen LogP contribution in [0.3, 0.4) is 0 Å². The molecular weight excluding hydrogens is 182 g/mol. The van der Waals surface area contributed by atoms with Gasteiger partial charge in [0.05, 0.1) is 0 Å². The van der Waals surface area contributed by atoms with E-state index in [-0.39, 0.29) is 0 Å². The minimum absolute atomic E-state index is 0.705. The van der Waals surface area contributed by atoms with Crippen LogP contribution in [0, 0.1) is 11.3 Å². The van der Waals surface area contributed by atoms with E-state index in [1.54, 1.807) is 0 Å². The fourth-order valence-corrected chi connectivity index (χ4v) is 3.90. The molecule has 88 valence electrons. The highest BCUT2D eigenvalue weighted by Crippen LogP contribution is 2.49. The first-order valence-corrected chi connectivity index (χ1v) is 7.08. The molecule has 2 aliphatic rings. The summed E-state index contributed by atoms with van der Waals surface area (Å²) >= 11 is 0. The average molecular weight is 209 g/mol. The third kappa shape index (κ3) is 2.55. The molecule has 0 amide bonds. The third-order valence-electron chi connectivity index (χ3n) is 4.80. The predicted octanol–water partition coefficient (Wildman–Crippen LogP) is 3.74. The van der Waals surface area contributed by atoms with Gasteiger partial charge >= 0.3 is 0 Å². The molecule has 1 nitrogen and oxygen atoms in total. The van der Waals surface area contributed by atoms with Gasteiger partial charge in [0.25, 0.3) is 0 Å². The van der Waals surface area contributed by atoms with Gasteiger partial charge in [0.1, 0.15) is 0 Å². The number of nitrogens with one attached hydrogen (secondary N) is 1. The van der Waals surface area contributed by atoms with Crippen LogP contribution in [0.5, 0.6) is 0 Å². The first kappa shape index (κ1) is 11.4. The first-order chi connectivity index (χ1) is 7.37. The lowest BCUT2D eigenvalue weighted by Crippen LogP contribution is -2.39. The average Bonchev–Trinajstić information content (AvgIpc) is 2.78. The minimum Gasteiger partial charge on any atom is -0.316 e. The highest BCUT2D eigenvalue weighted by Gasteiger charge is 2.40. The Morgan fingerprint density at radius 3 is 2.27 bits per heavy atom. The summed E-state index contributed by atoms with van der Waals surface area (Å²) in [5.41, 5.74) is 0.705. The van der Waals surface area contributed by atoms with Crippen LogP contribution in [0.15, 0.2) is 0 Å². The monoisotopic (exact) mass is 209 g/mol. The second kappa shape index (κ2) is 5.34. The van der Waals surface area contributed by atoms with Crippen LogP contribution in [0.4, 0.5) is 0 Å². The molecule has 0 aromatic rings. The molecule has 0 unspecified atom stereocenters. The highest BCUT2D eigenvalue weighted by atomic mass is 14.9. The van der Waals surface area contributed by atoms with Crippen molar-refractivity contribution < 1.29 is 0 Å². The molecule has 0 radical (unpaired) electrons. The zero-order valence-corrected chi connectivity index (χ0v) is 10.4. The molecule has 2 aliphatic carbocycles. The van der Waals surface area contributed by atoms with Gasteiger partial charge in [0.2, 0.25) is 0 Å². The molecule has 15 heavy (non-hydrogen) atoms.